The number of hydrogen-bond acceptors (Lipinski definition) is 5. The molecule has 3 heterocycles. The molecule has 0 radical (unpaired) electrons. The van der Waals surface area contributed by atoms with Crippen LogP contribution in [0, 0.1) is 0 Å². The van der Waals surface area contributed by atoms with E-state index in [-0.39, 0.29) is 0 Å². The molecule has 0 aliphatic carbocycles. The first-order chi connectivity index (χ1) is 8.83. The van der Waals surface area contributed by atoms with Gasteiger partial charge >= 0.3 is 0 Å². The molecule has 96 valence electrons. The van der Waals surface area contributed by atoms with Gasteiger partial charge in [0, 0.05) is 37.9 Å². The Balaban J connectivity index is 1.61. The molecule has 1 atom stereocenters. The van der Waals surface area contributed by atoms with E-state index in [1.54, 1.807) is 6.20 Å². The van der Waals surface area contributed by atoms with Gasteiger partial charge in [-0.15, -0.1) is 0 Å². The van der Waals surface area contributed by atoms with Crippen LogP contribution in [0.15, 0.2) is 16.8 Å². The van der Waals surface area contributed by atoms with Gasteiger partial charge < -0.3 is 9.26 Å². The lowest BCUT2D eigenvalue weighted by Crippen LogP contribution is -2.02. The van der Waals surface area contributed by atoms with Gasteiger partial charge in [-0.25, -0.2) is 0 Å². The van der Waals surface area contributed by atoms with Gasteiger partial charge in [-0.05, 0) is 18.9 Å². The maximum absolute atomic E-state index is 5.32. The van der Waals surface area contributed by atoms with Crippen LogP contribution in [-0.2, 0) is 24.6 Å². The largest absolute Gasteiger partial charge is 0.381 e. The van der Waals surface area contributed by atoms with E-state index in [0.29, 0.717) is 18.4 Å². The Kier molecular flexibility index (Phi) is 3.10. The van der Waals surface area contributed by atoms with Crippen LogP contribution in [0.3, 0.4) is 0 Å². The van der Waals surface area contributed by atoms with Crippen LogP contribution >= 0.6 is 0 Å². The third kappa shape index (κ3) is 2.28. The number of rotatable bonds is 4. The molecule has 18 heavy (non-hydrogen) atoms. The Bertz CT molecular complexity index is 514. The molecule has 0 saturated carbocycles. The molecule has 1 saturated heterocycles. The minimum absolute atomic E-state index is 0.305. The zero-order chi connectivity index (χ0) is 12.4. The summed E-state index contributed by atoms with van der Waals surface area (Å²) in [5.41, 5.74) is 1.17. The maximum atomic E-state index is 5.32. The fourth-order valence-corrected chi connectivity index (χ4v) is 2.16. The van der Waals surface area contributed by atoms with Crippen LogP contribution < -0.4 is 0 Å². The molecule has 6 nitrogen and oxygen atoms in total. The summed E-state index contributed by atoms with van der Waals surface area (Å²) < 4.78 is 12.5. The molecule has 0 N–H and O–H groups in total. The first kappa shape index (κ1) is 11.4. The summed E-state index contributed by atoms with van der Waals surface area (Å²) in [6.07, 6.45) is 4.39. The fourth-order valence-electron chi connectivity index (χ4n) is 2.16. The quantitative estimate of drug-likeness (QED) is 0.810. The molecule has 1 aliphatic heterocycles. The lowest BCUT2D eigenvalue weighted by atomic mass is 10.1. The van der Waals surface area contributed by atoms with E-state index in [2.05, 4.69) is 15.2 Å². The van der Waals surface area contributed by atoms with Gasteiger partial charge in [0.05, 0.1) is 6.61 Å². The van der Waals surface area contributed by atoms with Crippen LogP contribution in [0.4, 0.5) is 0 Å². The van der Waals surface area contributed by atoms with E-state index < -0.39 is 0 Å². The Labute approximate surface area is 105 Å². The molecule has 0 spiro atoms. The number of aryl methyl sites for hydroxylation is 3. The summed E-state index contributed by atoms with van der Waals surface area (Å²) >= 11 is 0. The van der Waals surface area contributed by atoms with E-state index in [1.165, 1.54) is 5.69 Å². The Hall–Kier alpha value is -1.69. The summed E-state index contributed by atoms with van der Waals surface area (Å²) in [7, 11) is 1.93. The summed E-state index contributed by atoms with van der Waals surface area (Å²) in [6, 6.07) is 2.00. The van der Waals surface area contributed by atoms with Crippen molar-refractivity contribution in [1.29, 1.82) is 0 Å². The van der Waals surface area contributed by atoms with Crippen LogP contribution in [0.25, 0.3) is 0 Å². The lowest BCUT2D eigenvalue weighted by molar-refractivity contribution is 0.192. The SMILES string of the molecule is Cn1nccc1CCc1nc([C@H]2CCOC2)no1. The number of nitrogens with zero attached hydrogens (tertiary/aromatic N) is 4. The monoisotopic (exact) mass is 248 g/mol. The van der Waals surface area contributed by atoms with Crippen molar-refractivity contribution in [2.24, 2.45) is 7.05 Å². The third-order valence-corrected chi connectivity index (χ3v) is 3.30. The summed E-state index contributed by atoms with van der Waals surface area (Å²) in [5.74, 6) is 1.78. The fraction of sp³-hybridized carbons (Fsp3) is 0.583. The second kappa shape index (κ2) is 4.89. The summed E-state index contributed by atoms with van der Waals surface area (Å²) in [4.78, 5) is 4.43. The second-order valence-corrected chi connectivity index (χ2v) is 4.55. The Morgan fingerprint density at radius 3 is 3.11 bits per heavy atom. The Morgan fingerprint density at radius 1 is 1.44 bits per heavy atom. The molecule has 1 aliphatic rings. The molecule has 6 heteroatoms. The molecular weight excluding hydrogens is 232 g/mol. The molecule has 0 amide bonds. The zero-order valence-electron chi connectivity index (χ0n) is 10.4. The first-order valence-electron chi connectivity index (χ1n) is 6.20. The normalized spacial score (nSPS) is 19.5. The highest BCUT2D eigenvalue weighted by Gasteiger charge is 2.22. The predicted octanol–water partition coefficient (Wildman–Crippen LogP) is 1.09. The van der Waals surface area contributed by atoms with Crippen molar-refractivity contribution in [3.63, 3.8) is 0 Å². The van der Waals surface area contributed by atoms with E-state index >= 15 is 0 Å². The van der Waals surface area contributed by atoms with Crippen molar-refractivity contribution < 1.29 is 9.26 Å². The van der Waals surface area contributed by atoms with E-state index in [9.17, 15) is 0 Å². The van der Waals surface area contributed by atoms with E-state index in [0.717, 1.165) is 31.7 Å². The molecule has 0 bridgehead atoms. The van der Waals surface area contributed by atoms with Crippen molar-refractivity contribution in [1.82, 2.24) is 19.9 Å². The highest BCUT2D eigenvalue weighted by molar-refractivity contribution is 5.03. The van der Waals surface area contributed by atoms with Crippen molar-refractivity contribution in [2.75, 3.05) is 13.2 Å². The van der Waals surface area contributed by atoms with Gasteiger partial charge in [-0.3, -0.25) is 4.68 Å². The lowest BCUT2D eigenvalue weighted by Gasteiger charge is -1.99. The minimum atomic E-state index is 0.305. The molecule has 0 aromatic carbocycles. The minimum Gasteiger partial charge on any atom is -0.381 e. The highest BCUT2D eigenvalue weighted by atomic mass is 16.5. The maximum Gasteiger partial charge on any atom is 0.227 e. The van der Waals surface area contributed by atoms with Crippen LogP contribution in [0.1, 0.15) is 29.7 Å². The third-order valence-electron chi connectivity index (χ3n) is 3.30. The second-order valence-electron chi connectivity index (χ2n) is 4.55. The van der Waals surface area contributed by atoms with Crippen LogP contribution in [0.5, 0.6) is 0 Å². The number of ether oxygens (including phenoxy) is 1. The van der Waals surface area contributed by atoms with E-state index in [1.807, 2.05) is 17.8 Å². The highest BCUT2D eigenvalue weighted by Crippen LogP contribution is 2.22. The van der Waals surface area contributed by atoms with Crippen molar-refractivity contribution in [3.8, 4) is 0 Å². The van der Waals surface area contributed by atoms with Crippen LogP contribution in [0.2, 0.25) is 0 Å². The average molecular weight is 248 g/mol. The topological polar surface area (TPSA) is 66.0 Å². The van der Waals surface area contributed by atoms with Crippen LogP contribution in [-0.4, -0.2) is 33.1 Å². The Morgan fingerprint density at radius 2 is 2.39 bits per heavy atom. The van der Waals surface area contributed by atoms with Gasteiger partial charge in [-0.1, -0.05) is 5.16 Å². The first-order valence-corrected chi connectivity index (χ1v) is 6.20. The molecular formula is C12H16N4O2. The number of hydrogen-bond donors (Lipinski definition) is 0. The van der Waals surface area contributed by atoms with Gasteiger partial charge in [0.15, 0.2) is 5.82 Å². The van der Waals surface area contributed by atoms with Gasteiger partial charge in [0.25, 0.3) is 0 Å². The van der Waals surface area contributed by atoms with Gasteiger partial charge in [0.2, 0.25) is 5.89 Å². The van der Waals surface area contributed by atoms with Crippen molar-refractivity contribution in [2.45, 2.75) is 25.2 Å². The summed E-state index contributed by atoms with van der Waals surface area (Å²) in [5, 5.41) is 8.16. The zero-order valence-corrected chi connectivity index (χ0v) is 10.4. The molecule has 2 aromatic rings. The van der Waals surface area contributed by atoms with E-state index in [4.69, 9.17) is 9.26 Å². The smallest absolute Gasteiger partial charge is 0.227 e. The standard InChI is InChI=1S/C12H16N4O2/c1-16-10(4-6-13-16)2-3-11-14-12(15-18-11)9-5-7-17-8-9/h4,6,9H,2-3,5,7-8H2,1H3/t9-/m0/s1. The van der Waals surface area contributed by atoms with Crippen molar-refractivity contribution in [3.05, 3.63) is 29.7 Å². The molecule has 0 unspecified atom stereocenters. The number of aromatic nitrogens is 4. The van der Waals surface area contributed by atoms with Gasteiger partial charge in [0.1, 0.15) is 0 Å². The molecule has 2 aromatic heterocycles. The van der Waals surface area contributed by atoms with Crippen molar-refractivity contribution >= 4 is 0 Å². The predicted molar refractivity (Wildman–Crippen MR) is 63.1 cm³/mol. The summed E-state index contributed by atoms with van der Waals surface area (Å²) in [6.45, 7) is 1.50. The molecule has 3 rings (SSSR count). The molecule has 1 fully saturated rings. The average Bonchev–Trinajstić information content (AvgIpc) is 3.08. The van der Waals surface area contributed by atoms with Gasteiger partial charge in [-0.2, -0.15) is 10.1 Å².